The first kappa shape index (κ1) is 13.6. The van der Waals surface area contributed by atoms with E-state index >= 15 is 0 Å². The van der Waals surface area contributed by atoms with Gasteiger partial charge in [0.25, 0.3) is 0 Å². The quantitative estimate of drug-likeness (QED) is 0.561. The maximum atomic E-state index is 6.13. The molecule has 0 radical (unpaired) electrons. The molecule has 0 atom stereocenters. The van der Waals surface area contributed by atoms with Crippen molar-refractivity contribution in [3.8, 4) is 0 Å². The van der Waals surface area contributed by atoms with Crippen molar-refractivity contribution in [2.75, 3.05) is 7.05 Å². The van der Waals surface area contributed by atoms with E-state index in [9.17, 15) is 0 Å². The minimum atomic E-state index is -2.36. The van der Waals surface area contributed by atoms with Crippen LogP contribution in [0, 0.1) is 0 Å². The van der Waals surface area contributed by atoms with Crippen LogP contribution in [0.4, 0.5) is 0 Å². The maximum Gasteiger partial charge on any atom is 0.319 e. The van der Waals surface area contributed by atoms with Gasteiger partial charge in [-0.2, -0.15) is 0 Å². The maximum absolute atomic E-state index is 6.13. The van der Waals surface area contributed by atoms with E-state index in [-0.39, 0.29) is 0 Å². The van der Waals surface area contributed by atoms with E-state index in [0.717, 1.165) is 12.1 Å². The van der Waals surface area contributed by atoms with Crippen LogP contribution in [-0.2, 0) is 0 Å². The Morgan fingerprint density at radius 3 is 1.33 bits per heavy atom. The van der Waals surface area contributed by atoms with Crippen molar-refractivity contribution in [2.45, 2.75) is 25.9 Å². The molecule has 0 aromatic carbocycles. The summed E-state index contributed by atoms with van der Waals surface area (Å²) >= 11 is 24.5. The number of hydrogen-bond acceptors (Lipinski definition) is 1. The summed E-state index contributed by atoms with van der Waals surface area (Å²) in [5.41, 5.74) is 0. The van der Waals surface area contributed by atoms with Crippen molar-refractivity contribution in [2.24, 2.45) is 0 Å². The van der Waals surface area contributed by atoms with Gasteiger partial charge in [0.15, 0.2) is 0 Å². The zero-order valence-electron chi connectivity index (χ0n) is 7.37. The van der Waals surface area contributed by atoms with Crippen LogP contribution >= 0.6 is 44.3 Å². The number of rotatable bonds is 4. The smallest absolute Gasteiger partial charge is 0.300 e. The third-order valence-corrected chi connectivity index (χ3v) is 15.7. The van der Waals surface area contributed by atoms with Gasteiger partial charge >= 0.3 is 13.7 Å². The molecule has 0 unspecified atom stereocenters. The van der Waals surface area contributed by atoms with Crippen LogP contribution in [0.15, 0.2) is 0 Å². The van der Waals surface area contributed by atoms with Crippen molar-refractivity contribution in [1.82, 2.24) is 4.23 Å². The zero-order chi connectivity index (χ0) is 9.99. The average Bonchev–Trinajstić information content (AvgIpc) is 2.03. The Balaban J connectivity index is 4.47. The second-order valence-electron chi connectivity index (χ2n) is 2.60. The second kappa shape index (κ2) is 4.87. The molecule has 0 spiro atoms. The molecule has 0 N–H and O–H groups in total. The molecule has 0 amide bonds. The van der Waals surface area contributed by atoms with Gasteiger partial charge in [0.2, 0.25) is 0 Å². The van der Waals surface area contributed by atoms with E-state index in [0.29, 0.717) is 0 Å². The van der Waals surface area contributed by atoms with Crippen LogP contribution in [0.25, 0.3) is 0 Å². The van der Waals surface area contributed by atoms with Crippen molar-refractivity contribution >= 4 is 58.0 Å². The summed E-state index contributed by atoms with van der Waals surface area (Å²) in [7, 11) is 1.82. The molecule has 0 heterocycles. The normalized spacial score (nSPS) is 14.0. The molecule has 74 valence electrons. The molecule has 1 nitrogen and oxygen atoms in total. The topological polar surface area (TPSA) is 3.24 Å². The van der Waals surface area contributed by atoms with E-state index in [1.165, 1.54) is 0 Å². The lowest BCUT2D eigenvalue weighted by Crippen LogP contribution is -2.54. The lowest BCUT2D eigenvalue weighted by atomic mass is 11.0. The Kier molecular flexibility index (Phi) is 5.50. The van der Waals surface area contributed by atoms with Crippen LogP contribution in [-0.4, -0.2) is 25.0 Å². The Morgan fingerprint density at radius 2 is 1.17 bits per heavy atom. The molecule has 7 heteroatoms. The molecular formula is C5H13Cl4NSi2. The predicted octanol–water partition coefficient (Wildman–Crippen LogP) is 3.79. The summed E-state index contributed by atoms with van der Waals surface area (Å²) in [5.74, 6) is 0. The van der Waals surface area contributed by atoms with Crippen LogP contribution in [0.1, 0.15) is 13.8 Å². The van der Waals surface area contributed by atoms with Crippen LogP contribution in [0.2, 0.25) is 12.1 Å². The highest BCUT2D eigenvalue weighted by atomic mass is 35.7. The lowest BCUT2D eigenvalue weighted by molar-refractivity contribution is 0.800. The molecule has 0 rings (SSSR count). The van der Waals surface area contributed by atoms with E-state index in [4.69, 9.17) is 44.3 Å². The van der Waals surface area contributed by atoms with Gasteiger partial charge in [-0.3, -0.25) is 0 Å². The number of hydrogen-bond donors (Lipinski definition) is 0. The molecular weight excluding hydrogens is 272 g/mol. The van der Waals surface area contributed by atoms with Gasteiger partial charge in [0.1, 0.15) is 0 Å². The predicted molar refractivity (Wildman–Crippen MR) is 63.6 cm³/mol. The summed E-state index contributed by atoms with van der Waals surface area (Å²) in [4.78, 5) is 0. The molecule has 12 heavy (non-hydrogen) atoms. The third kappa shape index (κ3) is 3.37. The summed E-state index contributed by atoms with van der Waals surface area (Å²) in [6.07, 6.45) is 0. The van der Waals surface area contributed by atoms with E-state index in [1.54, 1.807) is 0 Å². The largest absolute Gasteiger partial charge is 0.319 e. The molecule has 0 aliphatic rings. The van der Waals surface area contributed by atoms with Gasteiger partial charge < -0.3 is 4.23 Å². The van der Waals surface area contributed by atoms with Crippen LogP contribution < -0.4 is 0 Å². The van der Waals surface area contributed by atoms with Crippen molar-refractivity contribution in [3.05, 3.63) is 0 Å². The minimum Gasteiger partial charge on any atom is -0.300 e. The zero-order valence-corrected chi connectivity index (χ0v) is 12.4. The summed E-state index contributed by atoms with van der Waals surface area (Å²) in [6.45, 7) is -0.813. The highest BCUT2D eigenvalue weighted by Crippen LogP contribution is 2.34. The molecule has 0 aliphatic heterocycles. The lowest BCUT2D eigenvalue weighted by Gasteiger charge is -2.35. The first-order valence-electron chi connectivity index (χ1n) is 3.77. The average molecular weight is 285 g/mol. The molecule has 0 aliphatic carbocycles. The van der Waals surface area contributed by atoms with Crippen LogP contribution in [0.5, 0.6) is 0 Å². The summed E-state index contributed by atoms with van der Waals surface area (Å²) in [6, 6.07) is 1.47. The Morgan fingerprint density at radius 1 is 0.917 bits per heavy atom. The molecule has 0 saturated heterocycles. The number of nitrogens with zero attached hydrogens (tertiary/aromatic N) is 1. The highest BCUT2D eigenvalue weighted by Gasteiger charge is 2.45. The first-order valence-corrected chi connectivity index (χ1v) is 12.1. The summed E-state index contributed by atoms with van der Waals surface area (Å²) < 4.78 is 1.83. The van der Waals surface area contributed by atoms with E-state index < -0.39 is 13.7 Å². The van der Waals surface area contributed by atoms with E-state index in [2.05, 4.69) is 0 Å². The van der Waals surface area contributed by atoms with Gasteiger partial charge in [-0.1, -0.05) is 13.8 Å². The monoisotopic (exact) mass is 283 g/mol. The summed E-state index contributed by atoms with van der Waals surface area (Å²) in [5, 5.41) is 0. The fourth-order valence-corrected chi connectivity index (χ4v) is 11.3. The van der Waals surface area contributed by atoms with Crippen molar-refractivity contribution in [3.63, 3.8) is 0 Å². The SMILES string of the molecule is CC[Si](Cl)(Cl)N(C)[Si](Cl)(Cl)CC. The van der Waals surface area contributed by atoms with Crippen molar-refractivity contribution < 1.29 is 0 Å². The molecule has 0 bridgehead atoms. The fraction of sp³-hybridized carbons (Fsp3) is 1.00. The first-order chi connectivity index (χ1) is 5.28. The van der Waals surface area contributed by atoms with Crippen LogP contribution in [0.3, 0.4) is 0 Å². The molecule has 0 aromatic heterocycles. The molecule has 0 aromatic rings. The van der Waals surface area contributed by atoms with Gasteiger partial charge in [0, 0.05) is 0 Å². The van der Waals surface area contributed by atoms with Crippen molar-refractivity contribution in [1.29, 1.82) is 0 Å². The van der Waals surface area contributed by atoms with Gasteiger partial charge in [-0.15, -0.1) is 44.3 Å². The Bertz CT molecular complexity index is 136. The highest BCUT2D eigenvalue weighted by molar-refractivity contribution is 7.53. The van der Waals surface area contributed by atoms with Gasteiger partial charge in [0.05, 0.1) is 0 Å². The van der Waals surface area contributed by atoms with Gasteiger partial charge in [-0.25, -0.2) is 0 Å². The standard InChI is InChI=1S/C5H13Cl4NSi2/c1-4-11(6,7)10(3)12(8,9)5-2/h4-5H2,1-3H3. The third-order valence-electron chi connectivity index (χ3n) is 1.83. The second-order valence-corrected chi connectivity index (χ2v) is 17.1. The Hall–Kier alpha value is 1.55. The minimum absolute atomic E-state index is 0.737. The molecule has 0 fully saturated rings. The molecule has 0 saturated carbocycles. The Labute approximate surface area is 94.9 Å². The fourth-order valence-electron chi connectivity index (χ4n) is 0.714. The van der Waals surface area contributed by atoms with Gasteiger partial charge in [-0.05, 0) is 19.1 Å². The van der Waals surface area contributed by atoms with E-state index in [1.807, 2.05) is 25.1 Å². The number of halogens is 4.